The summed E-state index contributed by atoms with van der Waals surface area (Å²) >= 11 is 0. The van der Waals surface area contributed by atoms with Crippen LogP contribution in [-0.4, -0.2) is 41.2 Å². The van der Waals surface area contributed by atoms with Crippen molar-refractivity contribution in [2.45, 2.75) is 52.0 Å². The number of imide groups is 1. The Kier molecular flexibility index (Phi) is 4.10. The first-order valence-corrected chi connectivity index (χ1v) is 7.59. The Morgan fingerprint density at radius 1 is 1.33 bits per heavy atom. The van der Waals surface area contributed by atoms with Gasteiger partial charge in [-0.25, -0.2) is 0 Å². The van der Waals surface area contributed by atoms with E-state index in [0.29, 0.717) is 5.92 Å². The van der Waals surface area contributed by atoms with Crippen LogP contribution in [0.15, 0.2) is 0 Å². The fourth-order valence-electron chi connectivity index (χ4n) is 3.21. The first-order chi connectivity index (χ1) is 9.73. The van der Waals surface area contributed by atoms with Crippen molar-refractivity contribution < 1.29 is 14.4 Å². The zero-order valence-corrected chi connectivity index (χ0v) is 13.1. The van der Waals surface area contributed by atoms with E-state index in [-0.39, 0.29) is 19.0 Å². The Morgan fingerprint density at radius 3 is 2.43 bits per heavy atom. The van der Waals surface area contributed by atoms with Crippen LogP contribution >= 0.6 is 0 Å². The lowest BCUT2D eigenvalue weighted by atomic mass is 9.69. The summed E-state index contributed by atoms with van der Waals surface area (Å²) in [6, 6.07) is 0. The molecular weight excluding hydrogens is 270 g/mol. The highest BCUT2D eigenvalue weighted by atomic mass is 16.2. The van der Waals surface area contributed by atoms with Crippen molar-refractivity contribution in [1.82, 2.24) is 10.2 Å². The van der Waals surface area contributed by atoms with Gasteiger partial charge in [0.2, 0.25) is 11.8 Å². The molecule has 21 heavy (non-hydrogen) atoms. The number of nitrogens with one attached hydrogen (secondary N) is 1. The highest BCUT2D eigenvalue weighted by Gasteiger charge is 2.50. The third-order valence-electron chi connectivity index (χ3n) is 5.11. The summed E-state index contributed by atoms with van der Waals surface area (Å²) in [6.45, 7) is 5.70. The van der Waals surface area contributed by atoms with Crippen LogP contribution in [0.25, 0.3) is 0 Å². The molecule has 0 bridgehead atoms. The number of piperazine rings is 1. The van der Waals surface area contributed by atoms with Crippen LogP contribution < -0.4 is 11.1 Å². The number of carbonyl (C=O) groups is 3. The second-order valence-corrected chi connectivity index (χ2v) is 6.99. The molecule has 0 aromatic rings. The molecule has 0 aromatic carbocycles. The summed E-state index contributed by atoms with van der Waals surface area (Å²) in [4.78, 5) is 38.1. The van der Waals surface area contributed by atoms with Crippen molar-refractivity contribution in [1.29, 1.82) is 0 Å². The van der Waals surface area contributed by atoms with Gasteiger partial charge in [0.1, 0.15) is 12.1 Å². The van der Waals surface area contributed by atoms with Crippen LogP contribution in [0.2, 0.25) is 0 Å². The molecule has 0 aromatic heterocycles. The Bertz CT molecular complexity index is 465. The van der Waals surface area contributed by atoms with Crippen molar-refractivity contribution >= 4 is 17.7 Å². The molecule has 3 N–H and O–H groups in total. The molecule has 6 nitrogen and oxygen atoms in total. The Morgan fingerprint density at radius 2 is 1.90 bits per heavy atom. The van der Waals surface area contributed by atoms with E-state index in [9.17, 15) is 14.4 Å². The molecule has 2 aliphatic rings. The average molecular weight is 295 g/mol. The summed E-state index contributed by atoms with van der Waals surface area (Å²) < 4.78 is 0. The van der Waals surface area contributed by atoms with Crippen LogP contribution in [0.1, 0.15) is 46.5 Å². The average Bonchev–Trinajstić information content (AvgIpc) is 2.44. The normalized spacial score (nSPS) is 32.8. The summed E-state index contributed by atoms with van der Waals surface area (Å²) in [5.41, 5.74) is 4.28. The molecule has 2 fully saturated rings. The molecule has 1 aliphatic carbocycles. The monoisotopic (exact) mass is 295 g/mol. The van der Waals surface area contributed by atoms with Crippen LogP contribution in [0.4, 0.5) is 0 Å². The molecule has 1 heterocycles. The van der Waals surface area contributed by atoms with Gasteiger partial charge in [-0.15, -0.1) is 0 Å². The van der Waals surface area contributed by atoms with Crippen molar-refractivity contribution in [3.63, 3.8) is 0 Å². The fraction of sp³-hybridized carbons (Fsp3) is 0.800. The van der Waals surface area contributed by atoms with Crippen molar-refractivity contribution in [2.75, 3.05) is 13.1 Å². The molecule has 1 saturated carbocycles. The smallest absolute Gasteiger partial charge is 0.252 e. The zero-order valence-electron chi connectivity index (χ0n) is 13.1. The minimum Gasteiger partial charge on any atom is -0.329 e. The van der Waals surface area contributed by atoms with Crippen molar-refractivity contribution in [3.8, 4) is 0 Å². The summed E-state index contributed by atoms with van der Waals surface area (Å²) in [5.74, 6) is -0.408. The predicted molar refractivity (Wildman–Crippen MR) is 78.1 cm³/mol. The third kappa shape index (κ3) is 2.69. The lowest BCUT2D eigenvalue weighted by molar-refractivity contribution is -0.162. The van der Waals surface area contributed by atoms with E-state index in [1.165, 1.54) is 4.90 Å². The maximum absolute atomic E-state index is 13.0. The van der Waals surface area contributed by atoms with Gasteiger partial charge in [-0.05, 0) is 45.4 Å². The number of hydrogen-bond donors (Lipinski definition) is 2. The first-order valence-electron chi connectivity index (χ1n) is 7.59. The van der Waals surface area contributed by atoms with E-state index in [2.05, 4.69) is 12.2 Å². The van der Waals surface area contributed by atoms with Crippen LogP contribution in [0.5, 0.6) is 0 Å². The van der Waals surface area contributed by atoms with Crippen LogP contribution in [0.3, 0.4) is 0 Å². The molecule has 0 radical (unpaired) electrons. The van der Waals surface area contributed by atoms with Gasteiger partial charge >= 0.3 is 0 Å². The molecule has 0 unspecified atom stereocenters. The van der Waals surface area contributed by atoms with E-state index >= 15 is 0 Å². The topological polar surface area (TPSA) is 92.5 Å². The second-order valence-electron chi connectivity index (χ2n) is 6.99. The lowest BCUT2D eigenvalue weighted by Gasteiger charge is -2.47. The summed E-state index contributed by atoms with van der Waals surface area (Å²) in [5, 5.41) is 2.29. The minimum absolute atomic E-state index is 0.0745. The maximum atomic E-state index is 13.0. The van der Waals surface area contributed by atoms with Crippen molar-refractivity contribution in [2.24, 2.45) is 17.1 Å². The lowest BCUT2D eigenvalue weighted by Crippen LogP contribution is -2.68. The zero-order chi connectivity index (χ0) is 15.8. The van der Waals surface area contributed by atoms with E-state index in [0.717, 1.165) is 25.7 Å². The summed E-state index contributed by atoms with van der Waals surface area (Å²) in [7, 11) is 0. The molecule has 3 amide bonds. The first kappa shape index (κ1) is 15.9. The third-order valence-corrected chi connectivity index (χ3v) is 5.11. The van der Waals surface area contributed by atoms with E-state index in [1.54, 1.807) is 13.8 Å². The molecule has 6 heteroatoms. The number of rotatable bonds is 2. The largest absolute Gasteiger partial charge is 0.329 e. The van der Waals surface area contributed by atoms with Gasteiger partial charge in [-0.3, -0.25) is 19.7 Å². The number of nitrogens with zero attached hydrogens (tertiary/aromatic N) is 1. The van der Waals surface area contributed by atoms with Gasteiger partial charge in [-0.2, -0.15) is 0 Å². The summed E-state index contributed by atoms with van der Waals surface area (Å²) in [6.07, 6.45) is 3.37. The second kappa shape index (κ2) is 5.40. The molecule has 2 rings (SSSR count). The number of amides is 3. The molecule has 0 atom stereocenters. The van der Waals surface area contributed by atoms with Gasteiger partial charge in [0.05, 0.1) is 5.41 Å². The van der Waals surface area contributed by atoms with Crippen molar-refractivity contribution in [3.05, 3.63) is 0 Å². The fourth-order valence-corrected chi connectivity index (χ4v) is 3.21. The van der Waals surface area contributed by atoms with E-state index < -0.39 is 22.8 Å². The van der Waals surface area contributed by atoms with Gasteiger partial charge in [0.15, 0.2) is 0 Å². The maximum Gasteiger partial charge on any atom is 0.252 e. The molecule has 1 saturated heterocycles. The standard InChI is InChI=1S/C15H25N3O3/c1-10-4-6-15(9-16,7-5-10)13(21)18-8-11(19)17-12(20)14(18,2)3/h10H,4-9,16H2,1-3H3,(H,17,19,20). The molecule has 118 valence electrons. The number of nitrogens with two attached hydrogens (primary N) is 1. The van der Waals surface area contributed by atoms with Gasteiger partial charge in [-0.1, -0.05) is 6.92 Å². The van der Waals surface area contributed by atoms with Gasteiger partial charge in [0.25, 0.3) is 5.91 Å². The SMILES string of the molecule is CC1CCC(CN)(C(=O)N2CC(=O)NC(=O)C2(C)C)CC1. The highest BCUT2D eigenvalue weighted by molar-refractivity contribution is 6.06. The Hall–Kier alpha value is -1.43. The predicted octanol–water partition coefficient (Wildman–Crippen LogP) is 0.405. The highest BCUT2D eigenvalue weighted by Crippen LogP contribution is 2.41. The number of carbonyl (C=O) groups excluding carboxylic acids is 3. The van der Waals surface area contributed by atoms with Crippen LogP contribution in [-0.2, 0) is 14.4 Å². The Balaban J connectivity index is 2.28. The molecule has 0 spiro atoms. The minimum atomic E-state index is -1.02. The van der Waals surface area contributed by atoms with Gasteiger partial charge < -0.3 is 10.6 Å². The quantitative estimate of drug-likeness (QED) is 0.721. The van der Waals surface area contributed by atoms with Crippen LogP contribution in [0, 0.1) is 11.3 Å². The van der Waals surface area contributed by atoms with E-state index in [1.807, 2.05) is 0 Å². The molecule has 1 aliphatic heterocycles. The number of hydrogen-bond acceptors (Lipinski definition) is 4. The van der Waals surface area contributed by atoms with E-state index in [4.69, 9.17) is 5.73 Å². The molecular formula is C15H25N3O3. The van der Waals surface area contributed by atoms with Gasteiger partial charge in [0, 0.05) is 6.54 Å². The Labute approximate surface area is 125 Å².